The van der Waals surface area contributed by atoms with E-state index in [1.165, 1.54) is 17.3 Å². The number of imidazole rings is 1. The summed E-state index contributed by atoms with van der Waals surface area (Å²) < 4.78 is 2.19. The zero-order valence-electron chi connectivity index (χ0n) is 17.6. The monoisotopic (exact) mass is 427 g/mol. The van der Waals surface area contributed by atoms with E-state index < -0.39 is 0 Å². The van der Waals surface area contributed by atoms with Crippen molar-refractivity contribution in [3.8, 4) is 0 Å². The molecule has 0 aliphatic carbocycles. The maximum atomic E-state index is 13.0. The zero-order chi connectivity index (χ0) is 21.6. The van der Waals surface area contributed by atoms with Crippen LogP contribution in [0.15, 0.2) is 90.6 Å². The van der Waals surface area contributed by atoms with Crippen LogP contribution in [-0.4, -0.2) is 27.8 Å². The Morgan fingerprint density at radius 1 is 1.03 bits per heavy atom. The van der Waals surface area contributed by atoms with Gasteiger partial charge in [0.05, 0.1) is 23.3 Å². The van der Waals surface area contributed by atoms with Crippen LogP contribution in [0.5, 0.6) is 0 Å². The molecule has 0 saturated heterocycles. The molecule has 5 heteroatoms. The number of para-hydroxylation sites is 3. The molecule has 4 nitrogen and oxygen atoms in total. The summed E-state index contributed by atoms with van der Waals surface area (Å²) in [5, 5.41) is 0.853. The molecule has 31 heavy (non-hydrogen) atoms. The lowest BCUT2D eigenvalue weighted by atomic mass is 10.1. The minimum Gasteiger partial charge on any atom is -0.314 e. The number of benzene rings is 3. The highest BCUT2D eigenvalue weighted by Gasteiger charge is 2.17. The van der Waals surface area contributed by atoms with Crippen molar-refractivity contribution in [2.45, 2.75) is 18.6 Å². The van der Waals surface area contributed by atoms with E-state index >= 15 is 0 Å². The Hall–Kier alpha value is -3.31. The van der Waals surface area contributed by atoms with E-state index in [0.717, 1.165) is 27.4 Å². The predicted octanol–water partition coefficient (Wildman–Crippen LogP) is 5.87. The predicted molar refractivity (Wildman–Crippen MR) is 131 cm³/mol. The van der Waals surface area contributed by atoms with E-state index in [4.69, 9.17) is 4.98 Å². The number of amides is 1. The first-order chi connectivity index (χ1) is 15.2. The summed E-state index contributed by atoms with van der Waals surface area (Å²) in [5.74, 6) is 0.411. The number of nitrogens with zero attached hydrogens (tertiary/aromatic N) is 3. The average Bonchev–Trinajstić information content (AvgIpc) is 3.17. The molecule has 0 aliphatic heterocycles. The molecule has 0 atom stereocenters. The second-order valence-electron chi connectivity index (χ2n) is 7.18. The third-order valence-electron chi connectivity index (χ3n) is 5.19. The molecule has 0 radical (unpaired) electrons. The Bertz CT molecular complexity index is 1180. The summed E-state index contributed by atoms with van der Waals surface area (Å²) in [6.07, 6.45) is 1.84. The molecular weight excluding hydrogens is 402 g/mol. The number of aromatic nitrogens is 2. The molecule has 0 spiro atoms. The third kappa shape index (κ3) is 4.72. The fraction of sp³-hybridized carbons (Fsp3) is 0.154. The van der Waals surface area contributed by atoms with Gasteiger partial charge in [-0.25, -0.2) is 4.98 Å². The molecule has 0 N–H and O–H groups in total. The summed E-state index contributed by atoms with van der Waals surface area (Å²) in [6, 6.07) is 26.3. The molecule has 4 aromatic rings. The van der Waals surface area contributed by atoms with Crippen molar-refractivity contribution in [1.82, 2.24) is 9.55 Å². The lowest BCUT2D eigenvalue weighted by Crippen LogP contribution is -2.32. The van der Waals surface area contributed by atoms with E-state index in [1.807, 2.05) is 66.4 Å². The van der Waals surface area contributed by atoms with Gasteiger partial charge in [0, 0.05) is 12.2 Å². The van der Waals surface area contributed by atoms with Crippen LogP contribution >= 0.6 is 11.8 Å². The van der Waals surface area contributed by atoms with Gasteiger partial charge in [-0.05, 0) is 42.3 Å². The van der Waals surface area contributed by atoms with Crippen molar-refractivity contribution in [3.05, 3.63) is 96.6 Å². The number of carbonyl (C=O) groups is 1. The van der Waals surface area contributed by atoms with E-state index in [0.29, 0.717) is 18.8 Å². The van der Waals surface area contributed by atoms with Crippen LogP contribution in [-0.2, 0) is 11.3 Å². The molecule has 4 rings (SSSR count). The Morgan fingerprint density at radius 2 is 1.74 bits per heavy atom. The molecule has 1 aromatic heterocycles. The smallest absolute Gasteiger partial charge is 0.237 e. The van der Waals surface area contributed by atoms with Gasteiger partial charge in [0.2, 0.25) is 5.91 Å². The van der Waals surface area contributed by atoms with Crippen molar-refractivity contribution in [1.29, 1.82) is 0 Å². The van der Waals surface area contributed by atoms with E-state index in [9.17, 15) is 4.79 Å². The second kappa shape index (κ2) is 9.67. The van der Waals surface area contributed by atoms with Gasteiger partial charge in [-0.15, -0.1) is 0 Å². The van der Waals surface area contributed by atoms with Gasteiger partial charge in [-0.2, -0.15) is 0 Å². The number of rotatable bonds is 8. The fourth-order valence-electron chi connectivity index (χ4n) is 3.57. The number of hydrogen-bond acceptors (Lipinski definition) is 3. The van der Waals surface area contributed by atoms with E-state index in [1.54, 1.807) is 0 Å². The molecule has 1 heterocycles. The zero-order valence-corrected chi connectivity index (χ0v) is 18.4. The van der Waals surface area contributed by atoms with Crippen LogP contribution in [0.25, 0.3) is 17.1 Å². The molecule has 0 bridgehead atoms. The van der Waals surface area contributed by atoms with Gasteiger partial charge < -0.3 is 9.47 Å². The highest BCUT2D eigenvalue weighted by Crippen LogP contribution is 2.26. The number of hydrogen-bond donors (Lipinski definition) is 0. The van der Waals surface area contributed by atoms with Crippen molar-refractivity contribution >= 4 is 40.5 Å². The minimum absolute atomic E-state index is 0.0765. The number of fused-ring (bicyclic) bond motifs is 1. The molecule has 156 valence electrons. The van der Waals surface area contributed by atoms with Crippen LogP contribution in [0, 0.1) is 0 Å². The van der Waals surface area contributed by atoms with E-state index in [2.05, 4.69) is 41.5 Å². The van der Waals surface area contributed by atoms with Crippen molar-refractivity contribution < 1.29 is 4.79 Å². The molecule has 0 unspecified atom stereocenters. The summed E-state index contributed by atoms with van der Waals surface area (Å²) in [5.41, 5.74) is 5.21. The fourth-order valence-corrected chi connectivity index (χ4v) is 4.46. The van der Waals surface area contributed by atoms with Gasteiger partial charge in [0.1, 0.15) is 0 Å². The SMILES string of the molecule is C=Cc1ccc(Cn2c(SCC(=O)N(CC)c3ccccc3)nc3ccccc32)cc1. The lowest BCUT2D eigenvalue weighted by Gasteiger charge is -2.20. The molecule has 3 aromatic carbocycles. The first-order valence-corrected chi connectivity index (χ1v) is 11.3. The van der Waals surface area contributed by atoms with Gasteiger partial charge >= 0.3 is 0 Å². The number of thioether (sulfide) groups is 1. The van der Waals surface area contributed by atoms with Crippen molar-refractivity contribution in [3.63, 3.8) is 0 Å². The van der Waals surface area contributed by atoms with Crippen molar-refractivity contribution in [2.75, 3.05) is 17.2 Å². The first-order valence-electron chi connectivity index (χ1n) is 10.3. The maximum Gasteiger partial charge on any atom is 0.237 e. The van der Waals surface area contributed by atoms with Gasteiger partial charge in [0.25, 0.3) is 0 Å². The summed E-state index contributed by atoms with van der Waals surface area (Å²) in [4.78, 5) is 19.6. The quantitative estimate of drug-likeness (QED) is 0.330. The standard InChI is InChI=1S/C26H25N3OS/c1-3-20-14-16-21(17-15-20)18-29-24-13-9-8-12-23(24)27-26(29)31-19-25(30)28(4-2)22-10-6-5-7-11-22/h3,5-17H,1,4,18-19H2,2H3. The average molecular weight is 428 g/mol. The molecule has 0 aliphatic rings. The maximum absolute atomic E-state index is 13.0. The Kier molecular flexibility index (Phi) is 6.53. The molecule has 0 saturated carbocycles. The third-order valence-corrected chi connectivity index (χ3v) is 6.15. The van der Waals surface area contributed by atoms with Crippen LogP contribution in [0.4, 0.5) is 5.69 Å². The number of carbonyl (C=O) groups excluding carboxylic acids is 1. The highest BCUT2D eigenvalue weighted by atomic mass is 32.2. The van der Waals surface area contributed by atoms with Crippen LogP contribution < -0.4 is 4.90 Å². The normalized spacial score (nSPS) is 10.9. The topological polar surface area (TPSA) is 38.1 Å². The Labute approximate surface area is 187 Å². The highest BCUT2D eigenvalue weighted by molar-refractivity contribution is 7.99. The first kappa shape index (κ1) is 20.9. The molecule has 1 amide bonds. The van der Waals surface area contributed by atoms with E-state index in [-0.39, 0.29) is 5.91 Å². The summed E-state index contributed by atoms with van der Waals surface area (Å²) >= 11 is 1.49. The lowest BCUT2D eigenvalue weighted by molar-refractivity contribution is -0.116. The Balaban J connectivity index is 1.57. The van der Waals surface area contributed by atoms with Gasteiger partial charge in [0.15, 0.2) is 5.16 Å². The molecule has 0 fully saturated rings. The largest absolute Gasteiger partial charge is 0.314 e. The summed E-state index contributed by atoms with van der Waals surface area (Å²) in [7, 11) is 0. The second-order valence-corrected chi connectivity index (χ2v) is 8.12. The van der Waals surface area contributed by atoms with Crippen LogP contribution in [0.1, 0.15) is 18.1 Å². The van der Waals surface area contributed by atoms with Gasteiger partial charge in [-0.3, -0.25) is 4.79 Å². The summed E-state index contributed by atoms with van der Waals surface area (Å²) in [6.45, 7) is 7.15. The van der Waals surface area contributed by atoms with Gasteiger partial charge in [-0.1, -0.05) is 79.0 Å². The van der Waals surface area contributed by atoms with Crippen LogP contribution in [0.2, 0.25) is 0 Å². The Morgan fingerprint density at radius 3 is 2.45 bits per heavy atom. The molecular formula is C26H25N3OS. The van der Waals surface area contributed by atoms with Crippen LogP contribution in [0.3, 0.4) is 0 Å². The minimum atomic E-state index is 0.0765. The number of anilines is 1. The van der Waals surface area contributed by atoms with Crippen molar-refractivity contribution in [2.24, 2.45) is 0 Å².